The molecule has 0 spiro atoms. The third-order valence-corrected chi connectivity index (χ3v) is 6.33. The Kier molecular flexibility index (Phi) is 6.97. The van der Waals surface area contributed by atoms with Crippen LogP contribution in [0, 0.1) is 11.3 Å². The van der Waals surface area contributed by atoms with Crippen molar-refractivity contribution in [2.75, 3.05) is 24.7 Å². The number of nitrogens with zero attached hydrogens (tertiary/aromatic N) is 3. The topological polar surface area (TPSA) is 75.5 Å². The van der Waals surface area contributed by atoms with Gasteiger partial charge in [-0.25, -0.2) is 4.98 Å². The first kappa shape index (κ1) is 21.5. The predicted octanol–water partition coefficient (Wildman–Crippen LogP) is 5.04. The molecule has 8 heteroatoms. The Morgan fingerprint density at radius 3 is 2.84 bits per heavy atom. The number of para-hydroxylation sites is 1. The van der Waals surface area contributed by atoms with Crippen LogP contribution in [0.5, 0.6) is 5.75 Å². The number of benzene rings is 2. The Bertz CT molecular complexity index is 1090. The molecule has 1 aromatic heterocycles. The summed E-state index contributed by atoms with van der Waals surface area (Å²) >= 11 is 4.86. The van der Waals surface area contributed by atoms with Gasteiger partial charge < -0.3 is 9.47 Å². The lowest BCUT2D eigenvalue weighted by Crippen LogP contribution is -2.40. The summed E-state index contributed by atoms with van der Waals surface area (Å²) in [6.45, 7) is 0.953. The number of ether oxygens (including phenoxy) is 2. The first-order valence-corrected chi connectivity index (χ1v) is 11.6. The van der Waals surface area contributed by atoms with Crippen molar-refractivity contribution in [1.29, 1.82) is 5.26 Å². The lowest BCUT2D eigenvalue weighted by molar-refractivity contribution is -0.120. The zero-order chi connectivity index (χ0) is 21.6. The minimum atomic E-state index is -0.222. The average Bonchev–Trinajstić information content (AvgIpc) is 3.49. The standard InChI is InChI=1S/C23H20BrN3O3S/c24-18-9-7-16(8-10-18)20-15-31-23(26-20)27(13-19-5-3-11-29-19)22(28)14-30-21-6-2-1-4-17(21)12-25/h1-2,4,6-10,15,19H,3,5,11,13-14H2/t19-/m0/s1. The van der Waals surface area contributed by atoms with Gasteiger partial charge in [-0.15, -0.1) is 11.3 Å². The van der Waals surface area contributed by atoms with Crippen LogP contribution in [0.15, 0.2) is 58.4 Å². The summed E-state index contributed by atoms with van der Waals surface area (Å²) < 4.78 is 12.4. The molecule has 0 bridgehead atoms. The number of anilines is 1. The number of hydrogen-bond donors (Lipinski definition) is 0. The predicted molar refractivity (Wildman–Crippen MR) is 123 cm³/mol. The van der Waals surface area contributed by atoms with Crippen LogP contribution in [-0.4, -0.2) is 36.8 Å². The highest BCUT2D eigenvalue weighted by Gasteiger charge is 2.26. The van der Waals surface area contributed by atoms with Crippen LogP contribution in [-0.2, 0) is 9.53 Å². The molecule has 4 rings (SSSR count). The fraction of sp³-hybridized carbons (Fsp3) is 0.261. The summed E-state index contributed by atoms with van der Waals surface area (Å²) in [5.74, 6) is 0.171. The molecule has 3 aromatic rings. The van der Waals surface area contributed by atoms with E-state index in [-0.39, 0.29) is 18.6 Å². The summed E-state index contributed by atoms with van der Waals surface area (Å²) in [4.78, 5) is 19.5. The van der Waals surface area contributed by atoms with E-state index in [9.17, 15) is 10.1 Å². The smallest absolute Gasteiger partial charge is 0.266 e. The number of carbonyl (C=O) groups is 1. The molecular formula is C23H20BrN3O3S. The SMILES string of the molecule is N#Cc1ccccc1OCC(=O)N(C[C@@H]1CCCO1)c1nc(-c2ccc(Br)cc2)cs1. The Morgan fingerprint density at radius 1 is 1.29 bits per heavy atom. The summed E-state index contributed by atoms with van der Waals surface area (Å²) in [6.07, 6.45) is 1.88. The Labute approximate surface area is 193 Å². The summed E-state index contributed by atoms with van der Waals surface area (Å²) in [5, 5.41) is 11.8. The van der Waals surface area contributed by atoms with Gasteiger partial charge in [-0.1, -0.05) is 40.2 Å². The second kappa shape index (κ2) is 10.1. The lowest BCUT2D eigenvalue weighted by atomic mass is 10.2. The largest absolute Gasteiger partial charge is 0.482 e. The molecule has 0 saturated carbocycles. The Hall–Kier alpha value is -2.73. The number of hydrogen-bond acceptors (Lipinski definition) is 6. The molecule has 0 radical (unpaired) electrons. The summed E-state index contributed by atoms with van der Waals surface area (Å²) in [7, 11) is 0. The zero-order valence-electron chi connectivity index (χ0n) is 16.7. The van der Waals surface area contributed by atoms with Crippen molar-refractivity contribution in [3.63, 3.8) is 0 Å². The fourth-order valence-corrected chi connectivity index (χ4v) is 4.45. The van der Waals surface area contributed by atoms with Gasteiger partial charge in [0.15, 0.2) is 11.7 Å². The van der Waals surface area contributed by atoms with Crippen molar-refractivity contribution in [2.24, 2.45) is 0 Å². The van der Waals surface area contributed by atoms with E-state index in [2.05, 4.69) is 22.0 Å². The number of aromatic nitrogens is 1. The van der Waals surface area contributed by atoms with Gasteiger partial charge in [-0.05, 0) is 37.1 Å². The van der Waals surface area contributed by atoms with Crippen molar-refractivity contribution < 1.29 is 14.3 Å². The second-order valence-corrected chi connectivity index (χ2v) is 8.81. The number of halogens is 1. The van der Waals surface area contributed by atoms with E-state index in [1.54, 1.807) is 29.2 Å². The van der Waals surface area contributed by atoms with Gasteiger partial charge in [0.05, 0.1) is 23.9 Å². The van der Waals surface area contributed by atoms with Crippen LogP contribution in [0.1, 0.15) is 18.4 Å². The minimum Gasteiger partial charge on any atom is -0.482 e. The van der Waals surface area contributed by atoms with E-state index < -0.39 is 0 Å². The van der Waals surface area contributed by atoms with Crippen molar-refractivity contribution in [1.82, 2.24) is 4.98 Å². The quantitative estimate of drug-likeness (QED) is 0.457. The van der Waals surface area contributed by atoms with Crippen LogP contribution < -0.4 is 9.64 Å². The maximum Gasteiger partial charge on any atom is 0.266 e. The number of rotatable bonds is 7. The third kappa shape index (κ3) is 5.31. The highest BCUT2D eigenvalue weighted by atomic mass is 79.9. The van der Waals surface area contributed by atoms with Gasteiger partial charge in [0.2, 0.25) is 0 Å². The molecule has 1 atom stereocenters. The number of nitriles is 1. The third-order valence-electron chi connectivity index (χ3n) is 4.93. The zero-order valence-corrected chi connectivity index (χ0v) is 19.1. The van der Waals surface area contributed by atoms with E-state index in [1.165, 1.54) is 11.3 Å². The van der Waals surface area contributed by atoms with Crippen molar-refractivity contribution >= 4 is 38.3 Å². The van der Waals surface area contributed by atoms with Gasteiger partial charge in [0.1, 0.15) is 11.8 Å². The van der Waals surface area contributed by atoms with Crippen LogP contribution in [0.4, 0.5) is 5.13 Å². The fourth-order valence-electron chi connectivity index (χ4n) is 3.32. The first-order chi connectivity index (χ1) is 15.1. The molecule has 1 fully saturated rings. The van der Waals surface area contributed by atoms with Crippen LogP contribution in [0.25, 0.3) is 11.3 Å². The molecule has 1 saturated heterocycles. The van der Waals surface area contributed by atoms with Crippen molar-refractivity contribution in [3.8, 4) is 23.1 Å². The van der Waals surface area contributed by atoms with Crippen LogP contribution in [0.2, 0.25) is 0 Å². The Balaban J connectivity index is 1.53. The van der Waals surface area contributed by atoms with E-state index in [0.717, 1.165) is 28.6 Å². The number of amides is 1. The molecule has 1 aliphatic heterocycles. The van der Waals surface area contributed by atoms with Gasteiger partial charge in [-0.3, -0.25) is 9.69 Å². The molecule has 0 aliphatic carbocycles. The Morgan fingerprint density at radius 2 is 2.10 bits per heavy atom. The minimum absolute atomic E-state index is 0.0182. The highest BCUT2D eigenvalue weighted by Crippen LogP contribution is 2.30. The van der Waals surface area contributed by atoms with Gasteiger partial charge in [0, 0.05) is 22.0 Å². The van der Waals surface area contributed by atoms with Gasteiger partial charge in [0.25, 0.3) is 5.91 Å². The van der Waals surface area contributed by atoms with E-state index in [4.69, 9.17) is 14.5 Å². The molecule has 2 aromatic carbocycles. The maximum absolute atomic E-state index is 13.1. The molecular weight excluding hydrogens is 478 g/mol. The van der Waals surface area contributed by atoms with E-state index >= 15 is 0 Å². The van der Waals surface area contributed by atoms with E-state index in [0.29, 0.717) is 29.6 Å². The molecule has 0 unspecified atom stereocenters. The molecule has 0 N–H and O–H groups in total. The number of thiazole rings is 1. The summed E-state index contributed by atoms with van der Waals surface area (Å²) in [6, 6.07) is 16.9. The monoisotopic (exact) mass is 497 g/mol. The van der Waals surface area contributed by atoms with Gasteiger partial charge >= 0.3 is 0 Å². The maximum atomic E-state index is 13.1. The first-order valence-electron chi connectivity index (χ1n) is 9.89. The summed E-state index contributed by atoms with van der Waals surface area (Å²) in [5.41, 5.74) is 2.19. The van der Waals surface area contributed by atoms with Crippen LogP contribution >= 0.6 is 27.3 Å². The molecule has 158 valence electrons. The molecule has 1 aliphatic rings. The lowest BCUT2D eigenvalue weighted by Gasteiger charge is -2.23. The number of carbonyl (C=O) groups excluding carboxylic acids is 1. The normalized spacial score (nSPS) is 15.4. The van der Waals surface area contributed by atoms with E-state index in [1.807, 2.05) is 29.6 Å². The van der Waals surface area contributed by atoms with Crippen molar-refractivity contribution in [3.05, 3.63) is 63.9 Å². The molecule has 6 nitrogen and oxygen atoms in total. The second-order valence-electron chi connectivity index (χ2n) is 7.06. The van der Waals surface area contributed by atoms with Crippen LogP contribution in [0.3, 0.4) is 0 Å². The van der Waals surface area contributed by atoms with Gasteiger partial charge in [-0.2, -0.15) is 5.26 Å². The molecule has 1 amide bonds. The van der Waals surface area contributed by atoms with Crippen molar-refractivity contribution in [2.45, 2.75) is 18.9 Å². The molecule has 31 heavy (non-hydrogen) atoms. The average molecular weight is 498 g/mol. The molecule has 2 heterocycles. The highest BCUT2D eigenvalue weighted by molar-refractivity contribution is 9.10.